The van der Waals surface area contributed by atoms with Crippen molar-refractivity contribution in [3.63, 3.8) is 0 Å². The van der Waals surface area contributed by atoms with E-state index in [0.717, 1.165) is 19.6 Å². The van der Waals surface area contributed by atoms with Gasteiger partial charge in [0.15, 0.2) is 5.82 Å². The first-order valence-electron chi connectivity index (χ1n) is 7.06. The molecule has 0 aliphatic carbocycles. The van der Waals surface area contributed by atoms with Crippen LogP contribution in [0, 0.1) is 17.0 Å². The van der Waals surface area contributed by atoms with Crippen LogP contribution in [0.5, 0.6) is 0 Å². The monoisotopic (exact) mass is 339 g/mol. The number of likely N-dealkylation sites (N-methyl/N-ethyl adjacent to an activating group) is 1. The molecule has 1 N–H and O–H groups in total. The Morgan fingerprint density at radius 2 is 2.26 bits per heavy atom. The number of aromatic nitrogens is 2. The molecule has 0 amide bonds. The maximum Gasteiger partial charge on any atom is 0.273 e. The predicted molar refractivity (Wildman–Crippen MR) is 86.6 cm³/mol. The van der Waals surface area contributed by atoms with E-state index in [4.69, 9.17) is 4.52 Å². The minimum absolute atomic E-state index is 0. The molecule has 1 aromatic heterocycles. The summed E-state index contributed by atoms with van der Waals surface area (Å²) in [5.74, 6) is 0.894. The van der Waals surface area contributed by atoms with E-state index < -0.39 is 4.92 Å². The number of halogens is 1. The summed E-state index contributed by atoms with van der Waals surface area (Å²) in [5, 5.41) is 18.3. The van der Waals surface area contributed by atoms with Crippen LogP contribution in [0.1, 0.15) is 17.4 Å². The van der Waals surface area contributed by atoms with Gasteiger partial charge in [-0.15, -0.1) is 12.4 Å². The highest BCUT2D eigenvalue weighted by Gasteiger charge is 2.26. The van der Waals surface area contributed by atoms with Crippen molar-refractivity contribution < 1.29 is 9.45 Å². The number of rotatable bonds is 3. The molecule has 1 aliphatic heterocycles. The maximum absolute atomic E-state index is 11.0. The van der Waals surface area contributed by atoms with E-state index in [1.165, 1.54) is 6.07 Å². The number of nitrogens with zero attached hydrogens (tertiary/aromatic N) is 4. The van der Waals surface area contributed by atoms with Crippen LogP contribution >= 0.6 is 12.4 Å². The Morgan fingerprint density at radius 3 is 2.96 bits per heavy atom. The zero-order chi connectivity index (χ0) is 15.7. The van der Waals surface area contributed by atoms with Crippen LogP contribution in [-0.4, -0.2) is 46.6 Å². The molecule has 1 saturated heterocycles. The molecule has 0 saturated carbocycles. The van der Waals surface area contributed by atoms with Gasteiger partial charge in [0, 0.05) is 36.8 Å². The standard InChI is InChI=1S/C14H17N5O3.ClH/c1-9-3-4-10(7-11(9)19(20)21)14-16-13(17-22-14)12-8-15-5-6-18(12)2;/h3-4,7,12,15H,5-6,8H2,1-2H3;1H. The van der Waals surface area contributed by atoms with Crippen LogP contribution in [0.25, 0.3) is 11.5 Å². The highest BCUT2D eigenvalue weighted by atomic mass is 35.5. The van der Waals surface area contributed by atoms with Crippen molar-refractivity contribution in [1.29, 1.82) is 0 Å². The number of nitro benzene ring substituents is 1. The van der Waals surface area contributed by atoms with E-state index in [0.29, 0.717) is 22.8 Å². The molecule has 0 radical (unpaired) electrons. The van der Waals surface area contributed by atoms with Gasteiger partial charge in [-0.2, -0.15) is 4.98 Å². The molecule has 1 unspecified atom stereocenters. The fourth-order valence-electron chi connectivity index (χ4n) is 2.52. The molecule has 1 aliphatic rings. The third kappa shape index (κ3) is 3.49. The van der Waals surface area contributed by atoms with E-state index in [9.17, 15) is 10.1 Å². The minimum Gasteiger partial charge on any atom is -0.334 e. The summed E-state index contributed by atoms with van der Waals surface area (Å²) < 4.78 is 5.29. The van der Waals surface area contributed by atoms with Crippen LogP contribution in [0.4, 0.5) is 5.69 Å². The minimum atomic E-state index is -0.408. The Morgan fingerprint density at radius 1 is 1.48 bits per heavy atom. The number of benzene rings is 1. The van der Waals surface area contributed by atoms with Crippen molar-refractivity contribution >= 4 is 18.1 Å². The summed E-state index contributed by atoms with van der Waals surface area (Å²) in [6, 6.07) is 4.95. The van der Waals surface area contributed by atoms with E-state index in [-0.39, 0.29) is 24.1 Å². The topological polar surface area (TPSA) is 97.3 Å². The van der Waals surface area contributed by atoms with Crippen LogP contribution in [0.3, 0.4) is 0 Å². The summed E-state index contributed by atoms with van der Waals surface area (Å²) in [6.45, 7) is 4.29. The molecule has 3 rings (SSSR count). The zero-order valence-corrected chi connectivity index (χ0v) is 13.7. The maximum atomic E-state index is 11.0. The van der Waals surface area contributed by atoms with Crippen molar-refractivity contribution in [3.05, 3.63) is 39.7 Å². The Bertz CT molecular complexity index is 705. The average molecular weight is 340 g/mol. The Labute approximate surface area is 139 Å². The molecular formula is C14H18ClN5O3. The van der Waals surface area contributed by atoms with Crippen LogP contribution in [-0.2, 0) is 0 Å². The first-order valence-corrected chi connectivity index (χ1v) is 7.06. The molecule has 1 aromatic carbocycles. The van der Waals surface area contributed by atoms with Gasteiger partial charge in [0.2, 0.25) is 0 Å². The van der Waals surface area contributed by atoms with Crippen molar-refractivity contribution in [2.24, 2.45) is 0 Å². The lowest BCUT2D eigenvalue weighted by Gasteiger charge is -2.30. The Hall–Kier alpha value is -2.03. The normalized spacial score (nSPS) is 18.4. The van der Waals surface area contributed by atoms with Crippen molar-refractivity contribution in [1.82, 2.24) is 20.4 Å². The van der Waals surface area contributed by atoms with Gasteiger partial charge < -0.3 is 9.84 Å². The lowest BCUT2D eigenvalue weighted by atomic mass is 10.1. The van der Waals surface area contributed by atoms with Gasteiger partial charge in [0.25, 0.3) is 11.6 Å². The number of nitrogens with one attached hydrogen (secondary N) is 1. The van der Waals surface area contributed by atoms with Gasteiger partial charge in [0.05, 0.1) is 11.0 Å². The van der Waals surface area contributed by atoms with Gasteiger partial charge in [0.1, 0.15) is 0 Å². The Kier molecular flexibility index (Phi) is 5.30. The molecule has 1 atom stereocenters. The third-order valence-corrected chi connectivity index (χ3v) is 3.90. The lowest BCUT2D eigenvalue weighted by Crippen LogP contribution is -2.44. The molecule has 1 fully saturated rings. The van der Waals surface area contributed by atoms with Crippen molar-refractivity contribution in [2.75, 3.05) is 26.7 Å². The van der Waals surface area contributed by atoms with E-state index in [1.807, 2.05) is 7.05 Å². The molecule has 2 aromatic rings. The average Bonchev–Trinajstić information content (AvgIpc) is 2.97. The highest BCUT2D eigenvalue weighted by molar-refractivity contribution is 5.85. The molecule has 124 valence electrons. The summed E-state index contributed by atoms with van der Waals surface area (Å²) in [5.41, 5.74) is 1.21. The van der Waals surface area contributed by atoms with Gasteiger partial charge in [-0.3, -0.25) is 15.0 Å². The second-order valence-electron chi connectivity index (χ2n) is 5.42. The summed E-state index contributed by atoms with van der Waals surface area (Å²) >= 11 is 0. The van der Waals surface area contributed by atoms with Crippen LogP contribution in [0.15, 0.2) is 22.7 Å². The third-order valence-electron chi connectivity index (χ3n) is 3.90. The van der Waals surface area contributed by atoms with Crippen molar-refractivity contribution in [3.8, 4) is 11.5 Å². The van der Waals surface area contributed by atoms with E-state index >= 15 is 0 Å². The molecular weight excluding hydrogens is 322 g/mol. The summed E-state index contributed by atoms with van der Waals surface area (Å²) in [4.78, 5) is 17.2. The fourth-order valence-corrected chi connectivity index (χ4v) is 2.52. The van der Waals surface area contributed by atoms with Crippen LogP contribution in [0.2, 0.25) is 0 Å². The number of aryl methyl sites for hydroxylation is 1. The number of hydrogen-bond acceptors (Lipinski definition) is 7. The second kappa shape index (κ2) is 7.03. The van der Waals surface area contributed by atoms with E-state index in [2.05, 4.69) is 20.4 Å². The lowest BCUT2D eigenvalue weighted by molar-refractivity contribution is -0.385. The van der Waals surface area contributed by atoms with Gasteiger partial charge >= 0.3 is 0 Å². The largest absolute Gasteiger partial charge is 0.334 e. The first-order chi connectivity index (χ1) is 10.6. The molecule has 8 nitrogen and oxygen atoms in total. The number of nitro groups is 1. The summed E-state index contributed by atoms with van der Waals surface area (Å²) in [6.07, 6.45) is 0. The molecule has 2 heterocycles. The van der Waals surface area contributed by atoms with E-state index in [1.54, 1.807) is 19.1 Å². The van der Waals surface area contributed by atoms with Gasteiger partial charge in [-0.1, -0.05) is 11.2 Å². The zero-order valence-electron chi connectivity index (χ0n) is 12.9. The smallest absolute Gasteiger partial charge is 0.273 e. The molecule has 0 bridgehead atoms. The molecule has 23 heavy (non-hydrogen) atoms. The fraction of sp³-hybridized carbons (Fsp3) is 0.429. The number of hydrogen-bond donors (Lipinski definition) is 1. The van der Waals surface area contributed by atoms with Gasteiger partial charge in [-0.25, -0.2) is 0 Å². The first kappa shape index (κ1) is 17.3. The Balaban J connectivity index is 0.00000192. The quantitative estimate of drug-likeness (QED) is 0.674. The number of piperazine rings is 1. The molecule has 9 heteroatoms. The predicted octanol–water partition coefficient (Wildman–Crippen LogP) is 1.95. The SMILES string of the molecule is Cc1ccc(-c2nc(C3CNCCN3C)no2)cc1[N+](=O)[O-].Cl. The second-order valence-corrected chi connectivity index (χ2v) is 5.42. The summed E-state index contributed by atoms with van der Waals surface area (Å²) in [7, 11) is 2.01. The highest BCUT2D eigenvalue weighted by Crippen LogP contribution is 2.27. The van der Waals surface area contributed by atoms with Crippen molar-refractivity contribution in [2.45, 2.75) is 13.0 Å². The van der Waals surface area contributed by atoms with Gasteiger partial charge in [-0.05, 0) is 20.0 Å². The van der Waals surface area contributed by atoms with Crippen LogP contribution < -0.4 is 5.32 Å². The molecule has 0 spiro atoms.